The van der Waals surface area contributed by atoms with E-state index >= 15 is 0 Å². The number of ether oxygens (including phenoxy) is 3. The minimum atomic E-state index is -0.750. The summed E-state index contributed by atoms with van der Waals surface area (Å²) in [6, 6.07) is 26.6. The highest BCUT2D eigenvalue weighted by Gasteiger charge is 2.20. The van der Waals surface area contributed by atoms with Crippen LogP contribution in [0, 0.1) is 0 Å². The summed E-state index contributed by atoms with van der Waals surface area (Å²) in [5, 5.41) is 16.5. The van der Waals surface area contributed by atoms with E-state index in [1.165, 1.54) is 23.4 Å². The number of methoxy groups -OCH3 is 1. The number of benzene rings is 4. The Hall–Kier alpha value is -4.07. The van der Waals surface area contributed by atoms with Crippen molar-refractivity contribution in [2.45, 2.75) is 31.9 Å². The van der Waals surface area contributed by atoms with Crippen molar-refractivity contribution in [1.82, 2.24) is 5.32 Å². The SMILES string of the molecule is COC(=O)c1ccc(OC[C@H](O)CNC(C)(C)Cc2ccc3ccccc3c2)cc1Oc1ccccc1N. The van der Waals surface area contributed by atoms with E-state index in [0.717, 1.165) is 6.42 Å². The molecule has 0 aliphatic heterocycles. The molecule has 38 heavy (non-hydrogen) atoms. The van der Waals surface area contributed by atoms with Crippen LogP contribution in [-0.4, -0.2) is 43.0 Å². The number of nitrogen functional groups attached to an aromatic ring is 1. The fourth-order valence-electron chi connectivity index (χ4n) is 4.21. The molecule has 0 unspecified atom stereocenters. The van der Waals surface area contributed by atoms with Crippen LogP contribution in [0.15, 0.2) is 84.9 Å². The maximum Gasteiger partial charge on any atom is 0.341 e. The van der Waals surface area contributed by atoms with E-state index in [9.17, 15) is 9.90 Å². The predicted molar refractivity (Wildman–Crippen MR) is 150 cm³/mol. The standard InChI is InChI=1S/C31H34N2O5/c1-31(2,18-21-12-13-22-8-4-5-9-23(22)16-21)33-19-24(34)20-37-25-14-15-26(30(35)36-3)29(17-25)38-28-11-7-6-10-27(28)32/h4-17,24,33-34H,18-20,32H2,1-3H3/t24-/m1/s1. The Morgan fingerprint density at radius 3 is 2.45 bits per heavy atom. The lowest BCUT2D eigenvalue weighted by Gasteiger charge is -2.28. The van der Waals surface area contributed by atoms with Gasteiger partial charge in [0.2, 0.25) is 0 Å². The van der Waals surface area contributed by atoms with Gasteiger partial charge in [0.15, 0.2) is 0 Å². The van der Waals surface area contributed by atoms with Gasteiger partial charge in [0, 0.05) is 18.2 Å². The third-order valence-corrected chi connectivity index (χ3v) is 6.22. The van der Waals surface area contributed by atoms with E-state index in [1.807, 2.05) is 12.1 Å². The molecule has 7 nitrogen and oxygen atoms in total. The van der Waals surface area contributed by atoms with Crippen LogP contribution in [-0.2, 0) is 11.2 Å². The van der Waals surface area contributed by atoms with Crippen LogP contribution >= 0.6 is 0 Å². The van der Waals surface area contributed by atoms with Crippen molar-refractivity contribution in [1.29, 1.82) is 0 Å². The van der Waals surface area contributed by atoms with Gasteiger partial charge in [-0.2, -0.15) is 0 Å². The predicted octanol–water partition coefficient (Wildman–Crippen LogP) is 5.35. The van der Waals surface area contributed by atoms with Crippen molar-refractivity contribution < 1.29 is 24.1 Å². The van der Waals surface area contributed by atoms with Crippen LogP contribution in [0.25, 0.3) is 10.8 Å². The molecule has 0 heterocycles. The Labute approximate surface area is 223 Å². The van der Waals surface area contributed by atoms with Gasteiger partial charge in [0.25, 0.3) is 0 Å². The molecule has 0 radical (unpaired) electrons. The van der Waals surface area contributed by atoms with Gasteiger partial charge in [-0.1, -0.05) is 54.6 Å². The van der Waals surface area contributed by atoms with Gasteiger partial charge >= 0.3 is 5.97 Å². The second-order valence-corrected chi connectivity index (χ2v) is 9.88. The number of carbonyl (C=O) groups excluding carboxylic acids is 1. The Balaban J connectivity index is 1.35. The third kappa shape index (κ3) is 7.03. The molecule has 1 atom stereocenters. The van der Waals surface area contributed by atoms with Crippen molar-refractivity contribution >= 4 is 22.4 Å². The number of aliphatic hydroxyl groups is 1. The number of fused-ring (bicyclic) bond motifs is 1. The summed E-state index contributed by atoms with van der Waals surface area (Å²) in [5.41, 5.74) is 7.65. The number of rotatable bonds is 11. The van der Waals surface area contributed by atoms with Gasteiger partial charge in [0.1, 0.15) is 35.5 Å². The van der Waals surface area contributed by atoms with E-state index in [4.69, 9.17) is 19.9 Å². The molecule has 0 aliphatic rings. The summed E-state index contributed by atoms with van der Waals surface area (Å²) >= 11 is 0. The molecule has 0 saturated carbocycles. The van der Waals surface area contributed by atoms with Gasteiger partial charge in [-0.05, 0) is 60.9 Å². The molecule has 7 heteroatoms. The zero-order valence-corrected chi connectivity index (χ0v) is 21.9. The molecule has 0 aromatic heterocycles. The highest BCUT2D eigenvalue weighted by Crippen LogP contribution is 2.33. The second-order valence-electron chi connectivity index (χ2n) is 9.88. The summed E-state index contributed by atoms with van der Waals surface area (Å²) < 4.78 is 16.6. The van der Waals surface area contributed by atoms with Crippen LogP contribution < -0.4 is 20.5 Å². The molecular formula is C31H34N2O5. The average molecular weight is 515 g/mol. The molecule has 0 bridgehead atoms. The van der Waals surface area contributed by atoms with Crippen molar-refractivity contribution in [2.24, 2.45) is 0 Å². The lowest BCUT2D eigenvalue weighted by molar-refractivity contribution is 0.0597. The fraction of sp³-hybridized carbons (Fsp3) is 0.258. The van der Waals surface area contributed by atoms with Crippen molar-refractivity contribution in [3.63, 3.8) is 0 Å². The second kappa shape index (κ2) is 12.0. The molecule has 0 saturated heterocycles. The Morgan fingerprint density at radius 2 is 1.68 bits per heavy atom. The molecule has 0 fully saturated rings. The summed E-state index contributed by atoms with van der Waals surface area (Å²) in [6.07, 6.45) is 0.0595. The van der Waals surface area contributed by atoms with Crippen LogP contribution in [0.3, 0.4) is 0 Å². The number of hydrogen-bond donors (Lipinski definition) is 3. The van der Waals surface area contributed by atoms with Crippen LogP contribution in [0.1, 0.15) is 29.8 Å². The van der Waals surface area contributed by atoms with Gasteiger partial charge in [-0.25, -0.2) is 4.79 Å². The maximum absolute atomic E-state index is 12.2. The smallest absolute Gasteiger partial charge is 0.341 e. The lowest BCUT2D eigenvalue weighted by atomic mass is 9.93. The molecule has 198 valence electrons. The van der Waals surface area contributed by atoms with E-state index < -0.39 is 12.1 Å². The summed E-state index contributed by atoms with van der Waals surface area (Å²) in [6.45, 7) is 4.63. The Bertz CT molecular complexity index is 1400. The molecular weight excluding hydrogens is 480 g/mol. The molecule has 0 aliphatic carbocycles. The first-order valence-electron chi connectivity index (χ1n) is 12.5. The molecule has 0 spiro atoms. The van der Waals surface area contributed by atoms with Crippen molar-refractivity contribution in [3.05, 3.63) is 96.1 Å². The molecule has 4 rings (SSSR count). The molecule has 4 aromatic rings. The number of carbonyl (C=O) groups is 1. The van der Waals surface area contributed by atoms with Crippen LogP contribution in [0.5, 0.6) is 17.2 Å². The average Bonchev–Trinajstić information content (AvgIpc) is 2.91. The number of anilines is 1. The molecule has 4 aromatic carbocycles. The zero-order valence-electron chi connectivity index (χ0n) is 21.9. The zero-order chi connectivity index (χ0) is 27.1. The summed E-state index contributed by atoms with van der Waals surface area (Å²) in [5.74, 6) is 0.555. The largest absolute Gasteiger partial charge is 0.491 e. The first kappa shape index (κ1) is 27.0. The first-order chi connectivity index (χ1) is 18.2. The normalized spacial score (nSPS) is 12.2. The van der Waals surface area contributed by atoms with Crippen molar-refractivity contribution in [2.75, 3.05) is 26.0 Å². The van der Waals surface area contributed by atoms with Crippen molar-refractivity contribution in [3.8, 4) is 17.2 Å². The number of β-amino-alcohol motifs (C(OH)–C–C–N with tert-alkyl or cyclic N) is 1. The molecule has 0 amide bonds. The summed E-state index contributed by atoms with van der Waals surface area (Å²) in [4.78, 5) is 12.2. The quantitative estimate of drug-likeness (QED) is 0.183. The number of esters is 1. The van der Waals surface area contributed by atoms with Crippen LogP contribution in [0.4, 0.5) is 5.69 Å². The monoisotopic (exact) mass is 514 g/mol. The molecule has 4 N–H and O–H groups in total. The van der Waals surface area contributed by atoms with E-state index in [-0.39, 0.29) is 23.5 Å². The van der Waals surface area contributed by atoms with E-state index in [2.05, 4.69) is 49.5 Å². The highest BCUT2D eigenvalue weighted by molar-refractivity contribution is 5.93. The Morgan fingerprint density at radius 1 is 0.947 bits per heavy atom. The Kier molecular flexibility index (Phi) is 8.51. The third-order valence-electron chi connectivity index (χ3n) is 6.22. The van der Waals surface area contributed by atoms with E-state index in [1.54, 1.807) is 42.5 Å². The lowest BCUT2D eigenvalue weighted by Crippen LogP contribution is -2.46. The van der Waals surface area contributed by atoms with Gasteiger partial charge in [0.05, 0.1) is 12.8 Å². The minimum absolute atomic E-state index is 0.0591. The number of nitrogens with two attached hydrogens (primary N) is 1. The van der Waals surface area contributed by atoms with Gasteiger partial charge in [-0.15, -0.1) is 0 Å². The number of hydrogen-bond acceptors (Lipinski definition) is 7. The number of para-hydroxylation sites is 2. The summed E-state index contributed by atoms with van der Waals surface area (Å²) in [7, 11) is 1.30. The minimum Gasteiger partial charge on any atom is -0.491 e. The topological polar surface area (TPSA) is 103 Å². The van der Waals surface area contributed by atoms with E-state index in [0.29, 0.717) is 23.7 Å². The van der Waals surface area contributed by atoms with Gasteiger partial charge in [-0.3, -0.25) is 0 Å². The number of nitrogens with one attached hydrogen (secondary N) is 1. The van der Waals surface area contributed by atoms with Crippen LogP contribution in [0.2, 0.25) is 0 Å². The highest BCUT2D eigenvalue weighted by atomic mass is 16.5. The fourth-order valence-corrected chi connectivity index (χ4v) is 4.21. The van der Waals surface area contributed by atoms with Gasteiger partial charge < -0.3 is 30.4 Å². The maximum atomic E-state index is 12.2. The number of aliphatic hydroxyl groups excluding tert-OH is 1. The first-order valence-corrected chi connectivity index (χ1v) is 12.5.